The number of hydrogen-bond acceptors (Lipinski definition) is 4. The van der Waals surface area contributed by atoms with Gasteiger partial charge in [-0.25, -0.2) is 8.42 Å². The van der Waals surface area contributed by atoms with Crippen LogP contribution < -0.4 is 5.32 Å². The molecule has 0 bridgehead atoms. The van der Waals surface area contributed by atoms with E-state index >= 15 is 0 Å². The van der Waals surface area contributed by atoms with Gasteiger partial charge >= 0.3 is 0 Å². The third kappa shape index (κ3) is 4.84. The number of carbonyl (C=O) groups is 1. The highest BCUT2D eigenvalue weighted by atomic mass is 35.5. The van der Waals surface area contributed by atoms with Crippen molar-refractivity contribution < 1.29 is 13.2 Å². The molecule has 0 atom stereocenters. The lowest BCUT2D eigenvalue weighted by Crippen LogP contribution is -2.24. The van der Waals surface area contributed by atoms with Gasteiger partial charge in [0.1, 0.15) is 0 Å². The first-order valence-electron chi connectivity index (χ1n) is 6.25. The molecule has 2 aromatic rings. The van der Waals surface area contributed by atoms with Crippen molar-refractivity contribution in [3.8, 4) is 0 Å². The molecular weight excluding hydrogens is 330 g/mol. The SMILES string of the molecule is O=C(CCS(=O)(=O)c1ccc(Cl)cc1)NCc1cccs1. The van der Waals surface area contributed by atoms with Gasteiger partial charge < -0.3 is 5.32 Å². The number of sulfone groups is 1. The van der Waals surface area contributed by atoms with Gasteiger partial charge in [0.2, 0.25) is 5.91 Å². The minimum atomic E-state index is -3.46. The number of hydrogen-bond donors (Lipinski definition) is 1. The molecule has 2 rings (SSSR count). The number of benzene rings is 1. The zero-order valence-corrected chi connectivity index (χ0v) is 13.5. The first-order chi connectivity index (χ1) is 9.97. The predicted octanol–water partition coefficient (Wildman–Crippen LogP) is 2.88. The van der Waals surface area contributed by atoms with E-state index in [9.17, 15) is 13.2 Å². The number of thiophene rings is 1. The quantitative estimate of drug-likeness (QED) is 0.877. The number of amides is 1. The van der Waals surface area contributed by atoms with Crippen molar-refractivity contribution in [3.63, 3.8) is 0 Å². The van der Waals surface area contributed by atoms with Crippen molar-refractivity contribution >= 4 is 38.7 Å². The smallest absolute Gasteiger partial charge is 0.221 e. The molecule has 1 aromatic heterocycles. The molecule has 0 aliphatic rings. The van der Waals surface area contributed by atoms with E-state index in [2.05, 4.69) is 5.32 Å². The molecule has 21 heavy (non-hydrogen) atoms. The van der Waals surface area contributed by atoms with Gasteiger partial charge in [-0.15, -0.1) is 11.3 Å². The lowest BCUT2D eigenvalue weighted by Gasteiger charge is -2.05. The summed E-state index contributed by atoms with van der Waals surface area (Å²) in [6.45, 7) is 0.428. The zero-order valence-electron chi connectivity index (χ0n) is 11.1. The van der Waals surface area contributed by atoms with Crippen LogP contribution in [0.3, 0.4) is 0 Å². The third-order valence-corrected chi connectivity index (χ3v) is 5.67. The van der Waals surface area contributed by atoms with Crippen molar-refractivity contribution in [2.75, 3.05) is 5.75 Å². The van der Waals surface area contributed by atoms with E-state index in [4.69, 9.17) is 11.6 Å². The Morgan fingerprint density at radius 3 is 2.52 bits per heavy atom. The van der Waals surface area contributed by atoms with E-state index in [1.165, 1.54) is 24.3 Å². The average Bonchev–Trinajstić information content (AvgIpc) is 2.97. The van der Waals surface area contributed by atoms with E-state index in [0.717, 1.165) is 4.88 Å². The fourth-order valence-corrected chi connectivity index (χ4v) is 3.69. The number of halogens is 1. The van der Waals surface area contributed by atoms with Gasteiger partial charge in [-0.05, 0) is 35.7 Å². The van der Waals surface area contributed by atoms with E-state index in [1.807, 2.05) is 17.5 Å². The van der Waals surface area contributed by atoms with Gasteiger partial charge in [0, 0.05) is 16.3 Å². The normalized spacial score (nSPS) is 11.3. The maximum absolute atomic E-state index is 12.1. The molecule has 4 nitrogen and oxygen atoms in total. The summed E-state index contributed by atoms with van der Waals surface area (Å²) in [5, 5.41) is 5.10. The summed E-state index contributed by atoms with van der Waals surface area (Å²) in [6, 6.07) is 9.74. The molecule has 0 aliphatic heterocycles. The first-order valence-corrected chi connectivity index (χ1v) is 9.16. The Morgan fingerprint density at radius 1 is 1.19 bits per heavy atom. The average molecular weight is 344 g/mol. The van der Waals surface area contributed by atoms with Crippen LogP contribution in [0.15, 0.2) is 46.7 Å². The molecule has 0 saturated heterocycles. The summed E-state index contributed by atoms with van der Waals surface area (Å²) in [6.07, 6.45) is -0.0592. The van der Waals surface area contributed by atoms with E-state index < -0.39 is 9.84 Å². The fourth-order valence-electron chi connectivity index (χ4n) is 1.67. The van der Waals surface area contributed by atoms with Crippen molar-refractivity contribution in [1.82, 2.24) is 5.32 Å². The van der Waals surface area contributed by atoms with Gasteiger partial charge in [-0.2, -0.15) is 0 Å². The van der Waals surface area contributed by atoms with E-state index in [0.29, 0.717) is 11.6 Å². The topological polar surface area (TPSA) is 63.2 Å². The van der Waals surface area contributed by atoms with Crippen LogP contribution in [0.2, 0.25) is 5.02 Å². The Morgan fingerprint density at radius 2 is 1.90 bits per heavy atom. The Hall–Kier alpha value is -1.37. The lowest BCUT2D eigenvalue weighted by molar-refractivity contribution is -0.120. The molecule has 112 valence electrons. The maximum atomic E-state index is 12.1. The minimum absolute atomic E-state index is 0.0592. The highest BCUT2D eigenvalue weighted by Crippen LogP contribution is 2.16. The highest BCUT2D eigenvalue weighted by Gasteiger charge is 2.16. The Labute approximate surface area is 132 Å². The molecule has 1 heterocycles. The van der Waals surface area contributed by atoms with E-state index in [-0.39, 0.29) is 23.0 Å². The van der Waals surface area contributed by atoms with Crippen LogP contribution >= 0.6 is 22.9 Å². The summed E-state index contributed by atoms with van der Waals surface area (Å²) in [5.41, 5.74) is 0. The summed E-state index contributed by atoms with van der Waals surface area (Å²) >= 11 is 7.26. The minimum Gasteiger partial charge on any atom is -0.351 e. The van der Waals surface area contributed by atoms with Gasteiger partial charge in [-0.1, -0.05) is 17.7 Å². The molecule has 1 aromatic carbocycles. The number of rotatable bonds is 6. The highest BCUT2D eigenvalue weighted by molar-refractivity contribution is 7.91. The van der Waals surface area contributed by atoms with Crippen LogP contribution in [0.4, 0.5) is 0 Å². The van der Waals surface area contributed by atoms with Crippen molar-refractivity contribution in [2.24, 2.45) is 0 Å². The molecular formula is C14H14ClNO3S2. The van der Waals surface area contributed by atoms with Crippen molar-refractivity contribution in [2.45, 2.75) is 17.9 Å². The molecule has 0 unspecified atom stereocenters. The van der Waals surface area contributed by atoms with Gasteiger partial charge in [0.25, 0.3) is 0 Å². The van der Waals surface area contributed by atoms with Gasteiger partial charge in [0.15, 0.2) is 9.84 Å². The molecule has 0 aliphatic carbocycles. The second-order valence-corrected chi connectivity index (χ2v) is 7.96. The van der Waals surface area contributed by atoms with Gasteiger partial charge in [-0.3, -0.25) is 4.79 Å². The van der Waals surface area contributed by atoms with Crippen LogP contribution in [-0.4, -0.2) is 20.1 Å². The zero-order chi connectivity index (χ0) is 15.3. The molecule has 1 N–H and O–H groups in total. The number of nitrogens with one attached hydrogen (secondary N) is 1. The molecule has 7 heteroatoms. The maximum Gasteiger partial charge on any atom is 0.221 e. The second-order valence-electron chi connectivity index (χ2n) is 4.38. The van der Waals surface area contributed by atoms with Crippen molar-refractivity contribution in [1.29, 1.82) is 0 Å². The number of carbonyl (C=O) groups excluding carboxylic acids is 1. The fraction of sp³-hybridized carbons (Fsp3) is 0.214. The Kier molecular flexibility index (Phi) is 5.39. The van der Waals surface area contributed by atoms with Crippen LogP contribution in [0, 0.1) is 0 Å². The molecule has 0 fully saturated rings. The van der Waals surface area contributed by atoms with Crippen LogP contribution in [0.5, 0.6) is 0 Å². The summed E-state index contributed by atoms with van der Waals surface area (Å²) in [4.78, 5) is 12.9. The molecule has 0 radical (unpaired) electrons. The standard InChI is InChI=1S/C14H14ClNO3S2/c15-11-3-5-13(6-4-11)21(18,19)9-7-14(17)16-10-12-2-1-8-20-12/h1-6,8H,7,9-10H2,(H,16,17). The third-order valence-electron chi connectivity index (χ3n) is 2.81. The van der Waals surface area contributed by atoms with Crippen LogP contribution in [0.25, 0.3) is 0 Å². The molecule has 0 spiro atoms. The Bertz CT molecular complexity index is 694. The van der Waals surface area contributed by atoms with Gasteiger partial charge in [0.05, 0.1) is 17.2 Å². The monoisotopic (exact) mass is 343 g/mol. The largest absolute Gasteiger partial charge is 0.351 e. The second kappa shape index (κ2) is 7.06. The summed E-state index contributed by atoms with van der Waals surface area (Å²) in [7, 11) is -3.46. The summed E-state index contributed by atoms with van der Waals surface area (Å²) in [5.74, 6) is -0.494. The summed E-state index contributed by atoms with van der Waals surface area (Å²) < 4.78 is 24.1. The Balaban J connectivity index is 1.86. The first kappa shape index (κ1) is 16.0. The molecule has 1 amide bonds. The van der Waals surface area contributed by atoms with Crippen molar-refractivity contribution in [3.05, 3.63) is 51.7 Å². The van der Waals surface area contributed by atoms with Crippen LogP contribution in [-0.2, 0) is 21.2 Å². The predicted molar refractivity (Wildman–Crippen MR) is 84.3 cm³/mol. The molecule has 0 saturated carbocycles. The lowest BCUT2D eigenvalue weighted by atomic mass is 10.4. The van der Waals surface area contributed by atoms with E-state index in [1.54, 1.807) is 11.3 Å². The van der Waals surface area contributed by atoms with Crippen LogP contribution in [0.1, 0.15) is 11.3 Å².